The Morgan fingerprint density at radius 1 is 1.34 bits per heavy atom. The van der Waals surface area contributed by atoms with E-state index in [2.05, 4.69) is 51.0 Å². The molecular formula is C21H36IN5OS. The van der Waals surface area contributed by atoms with Gasteiger partial charge in [-0.15, -0.1) is 24.0 Å². The Hall–Kier alpha value is -1.00. The van der Waals surface area contributed by atoms with Gasteiger partial charge in [-0.3, -0.25) is 9.79 Å². The number of nitrogens with zero attached hydrogens (tertiary/aromatic N) is 3. The highest BCUT2D eigenvalue weighted by atomic mass is 127. The number of hydrogen-bond donors (Lipinski definition) is 2. The highest BCUT2D eigenvalue weighted by molar-refractivity contribution is 14.0. The predicted molar refractivity (Wildman–Crippen MR) is 136 cm³/mol. The number of carbonyl (C=O) groups excluding carboxylic acids is 1. The maximum absolute atomic E-state index is 12.3. The van der Waals surface area contributed by atoms with Crippen LogP contribution in [0.25, 0.3) is 0 Å². The van der Waals surface area contributed by atoms with Crippen molar-refractivity contribution < 1.29 is 4.79 Å². The highest BCUT2D eigenvalue weighted by Gasteiger charge is 2.24. The van der Waals surface area contributed by atoms with Gasteiger partial charge >= 0.3 is 0 Å². The Balaban J connectivity index is 0.00000420. The minimum atomic E-state index is -0.0269. The molecule has 6 nitrogen and oxygen atoms in total. The predicted octanol–water partition coefficient (Wildman–Crippen LogP) is 2.74. The number of halogens is 1. The molecule has 1 unspecified atom stereocenters. The van der Waals surface area contributed by atoms with Crippen LogP contribution >= 0.6 is 35.7 Å². The summed E-state index contributed by atoms with van der Waals surface area (Å²) >= 11 is 2.06. The van der Waals surface area contributed by atoms with Gasteiger partial charge in [0.25, 0.3) is 5.91 Å². The first-order chi connectivity index (χ1) is 13.4. The van der Waals surface area contributed by atoms with E-state index in [1.54, 1.807) is 0 Å². The van der Waals surface area contributed by atoms with E-state index in [0.29, 0.717) is 29.8 Å². The van der Waals surface area contributed by atoms with Gasteiger partial charge in [0, 0.05) is 56.3 Å². The summed E-state index contributed by atoms with van der Waals surface area (Å²) in [6, 6.07) is 7.79. The van der Waals surface area contributed by atoms with E-state index >= 15 is 0 Å². The normalized spacial score (nSPS) is 17.3. The van der Waals surface area contributed by atoms with E-state index in [9.17, 15) is 4.79 Å². The Bertz CT molecular complexity index is 668. The molecule has 1 amide bonds. The van der Waals surface area contributed by atoms with Crippen molar-refractivity contribution in [3.8, 4) is 0 Å². The van der Waals surface area contributed by atoms with Crippen LogP contribution in [0, 0.1) is 5.92 Å². The fraction of sp³-hybridized carbons (Fsp3) is 0.619. The molecule has 29 heavy (non-hydrogen) atoms. The second kappa shape index (κ2) is 13.3. The van der Waals surface area contributed by atoms with Crippen LogP contribution in [-0.2, 0) is 6.54 Å². The van der Waals surface area contributed by atoms with Crippen LogP contribution in [0.15, 0.2) is 29.3 Å². The van der Waals surface area contributed by atoms with E-state index in [1.807, 2.05) is 45.4 Å². The first-order valence-corrected chi connectivity index (χ1v) is 11.0. The number of carbonyl (C=O) groups is 1. The van der Waals surface area contributed by atoms with Gasteiger partial charge in [0.15, 0.2) is 5.96 Å². The minimum Gasteiger partial charge on any atom is -0.352 e. The molecule has 164 valence electrons. The molecule has 1 heterocycles. The number of benzene rings is 1. The molecule has 2 N–H and O–H groups in total. The van der Waals surface area contributed by atoms with Gasteiger partial charge in [0.1, 0.15) is 0 Å². The first-order valence-electron chi connectivity index (χ1n) is 9.99. The van der Waals surface area contributed by atoms with E-state index in [1.165, 1.54) is 0 Å². The van der Waals surface area contributed by atoms with Crippen LogP contribution in [0.5, 0.6) is 0 Å². The van der Waals surface area contributed by atoms with Gasteiger partial charge in [-0.05, 0) is 37.7 Å². The molecular weight excluding hydrogens is 497 g/mol. The molecule has 0 bridgehead atoms. The molecule has 1 fully saturated rings. The summed E-state index contributed by atoms with van der Waals surface area (Å²) in [5.74, 6) is 2.70. The molecule has 1 aliphatic rings. The maximum Gasteiger partial charge on any atom is 0.251 e. The molecule has 1 aliphatic heterocycles. The van der Waals surface area contributed by atoms with Gasteiger partial charge in [-0.2, -0.15) is 11.8 Å². The average molecular weight is 534 g/mol. The van der Waals surface area contributed by atoms with Crippen molar-refractivity contribution in [2.24, 2.45) is 10.9 Å². The lowest BCUT2D eigenvalue weighted by Gasteiger charge is -2.36. The van der Waals surface area contributed by atoms with E-state index < -0.39 is 0 Å². The Morgan fingerprint density at radius 2 is 2.10 bits per heavy atom. The fourth-order valence-corrected chi connectivity index (χ4v) is 4.40. The summed E-state index contributed by atoms with van der Waals surface area (Å²) in [4.78, 5) is 21.2. The molecule has 0 saturated carbocycles. The van der Waals surface area contributed by atoms with Crippen LogP contribution in [0.3, 0.4) is 0 Å². The largest absolute Gasteiger partial charge is 0.352 e. The zero-order valence-corrected chi connectivity index (χ0v) is 21.4. The third-order valence-electron chi connectivity index (χ3n) is 4.83. The average Bonchev–Trinajstić information content (AvgIpc) is 2.68. The number of hydrogen-bond acceptors (Lipinski definition) is 4. The molecule has 0 spiro atoms. The quantitative estimate of drug-likeness (QED) is 0.321. The maximum atomic E-state index is 12.3. The first kappa shape index (κ1) is 26.0. The lowest BCUT2D eigenvalue weighted by atomic mass is 10.1. The van der Waals surface area contributed by atoms with Gasteiger partial charge < -0.3 is 20.4 Å². The zero-order chi connectivity index (χ0) is 20.5. The fourth-order valence-electron chi connectivity index (χ4n) is 3.10. The third-order valence-corrected chi connectivity index (χ3v) is 6.37. The van der Waals surface area contributed by atoms with Crippen molar-refractivity contribution in [3.63, 3.8) is 0 Å². The van der Waals surface area contributed by atoms with Crippen LogP contribution in [-0.4, -0.2) is 80.0 Å². The molecule has 0 radical (unpaired) electrons. The number of amides is 1. The minimum absolute atomic E-state index is 0. The Labute approximate surface area is 197 Å². The lowest BCUT2D eigenvalue weighted by Crippen LogP contribution is -2.48. The lowest BCUT2D eigenvalue weighted by molar-refractivity contribution is 0.0951. The molecule has 8 heteroatoms. The Morgan fingerprint density at radius 3 is 2.76 bits per heavy atom. The number of likely N-dealkylation sites (N-methyl/N-ethyl adjacent to an activating group) is 1. The van der Waals surface area contributed by atoms with Crippen molar-refractivity contribution in [1.82, 2.24) is 20.4 Å². The monoisotopic (exact) mass is 533 g/mol. The molecule has 1 aromatic carbocycles. The van der Waals surface area contributed by atoms with Gasteiger partial charge in [-0.25, -0.2) is 0 Å². The number of aliphatic imine (C=N–C) groups is 1. The van der Waals surface area contributed by atoms with Crippen LogP contribution in [0.4, 0.5) is 0 Å². The van der Waals surface area contributed by atoms with E-state index in [0.717, 1.165) is 36.9 Å². The van der Waals surface area contributed by atoms with Gasteiger partial charge in [0.2, 0.25) is 0 Å². The molecule has 0 aromatic heterocycles. The van der Waals surface area contributed by atoms with E-state index in [-0.39, 0.29) is 29.9 Å². The van der Waals surface area contributed by atoms with Crippen LogP contribution < -0.4 is 10.6 Å². The molecule has 0 aliphatic carbocycles. The van der Waals surface area contributed by atoms with Crippen molar-refractivity contribution in [3.05, 3.63) is 35.4 Å². The highest BCUT2D eigenvalue weighted by Crippen LogP contribution is 2.24. The number of thioether (sulfide) groups is 1. The van der Waals surface area contributed by atoms with Crippen molar-refractivity contribution in [2.45, 2.75) is 25.6 Å². The number of guanidine groups is 1. The summed E-state index contributed by atoms with van der Waals surface area (Å²) in [7, 11) is 5.83. The smallest absolute Gasteiger partial charge is 0.251 e. The van der Waals surface area contributed by atoms with Crippen LogP contribution in [0.1, 0.15) is 29.8 Å². The van der Waals surface area contributed by atoms with Crippen molar-refractivity contribution in [2.75, 3.05) is 53.1 Å². The zero-order valence-electron chi connectivity index (χ0n) is 18.3. The van der Waals surface area contributed by atoms with Gasteiger partial charge in [0.05, 0.1) is 0 Å². The number of nitrogens with one attached hydrogen (secondary N) is 2. The standard InChI is InChI=1S/C21H35N5OS.HI/c1-16(2)19-15-26(11-12-28-19)21(22-3)24-14-17-7-6-8-18(13-17)20(27)23-9-10-25(4)5;/h6-8,13,16,19H,9-12,14-15H2,1-5H3,(H,22,24)(H,23,27);1H. The molecule has 1 saturated heterocycles. The van der Waals surface area contributed by atoms with Gasteiger partial charge in [-0.1, -0.05) is 26.0 Å². The summed E-state index contributed by atoms with van der Waals surface area (Å²) in [5, 5.41) is 7.07. The second-order valence-corrected chi connectivity index (χ2v) is 9.11. The van der Waals surface area contributed by atoms with Crippen molar-refractivity contribution >= 4 is 47.6 Å². The third kappa shape index (κ3) is 8.72. The number of rotatable bonds is 7. The summed E-state index contributed by atoms with van der Waals surface area (Å²) in [5.41, 5.74) is 1.77. The SMILES string of the molecule is CN=C(NCc1cccc(C(=O)NCCN(C)C)c1)N1CCSC(C(C)C)C1.I. The topological polar surface area (TPSA) is 60.0 Å². The molecule has 2 rings (SSSR count). The second-order valence-electron chi connectivity index (χ2n) is 7.76. The summed E-state index contributed by atoms with van der Waals surface area (Å²) < 4.78 is 0. The van der Waals surface area contributed by atoms with Crippen LogP contribution in [0.2, 0.25) is 0 Å². The molecule has 1 atom stereocenters. The summed E-state index contributed by atoms with van der Waals surface area (Å²) in [6.07, 6.45) is 0. The molecule has 1 aromatic rings. The van der Waals surface area contributed by atoms with E-state index in [4.69, 9.17) is 0 Å². The Kier molecular flexibility index (Phi) is 12.0. The van der Waals surface area contributed by atoms with Crippen molar-refractivity contribution in [1.29, 1.82) is 0 Å². The summed E-state index contributed by atoms with van der Waals surface area (Å²) in [6.45, 7) is 8.73.